The van der Waals surface area contributed by atoms with Gasteiger partial charge >= 0.3 is 0 Å². The predicted octanol–water partition coefficient (Wildman–Crippen LogP) is 2.69. The summed E-state index contributed by atoms with van der Waals surface area (Å²) in [5, 5.41) is 5.42. The molecule has 0 saturated heterocycles. The average Bonchev–Trinajstić information content (AvgIpc) is 2.99. The minimum Gasteiger partial charge on any atom is -0.362 e. The fourth-order valence-electron chi connectivity index (χ4n) is 3.12. The fourth-order valence-corrected chi connectivity index (χ4v) is 3.25. The van der Waals surface area contributed by atoms with Crippen molar-refractivity contribution >= 4 is 22.8 Å². The molecule has 124 valence electrons. The van der Waals surface area contributed by atoms with Crippen molar-refractivity contribution in [3.63, 3.8) is 0 Å². The van der Waals surface area contributed by atoms with E-state index in [9.17, 15) is 4.79 Å². The number of fused-ring (bicyclic) bond motifs is 2. The number of imidazole rings is 1. The molecular formula is C17H18ClN5O. The van der Waals surface area contributed by atoms with Gasteiger partial charge in [-0.15, -0.1) is 0 Å². The van der Waals surface area contributed by atoms with Crippen LogP contribution in [-0.4, -0.2) is 25.7 Å². The Morgan fingerprint density at radius 3 is 2.62 bits per heavy atom. The highest BCUT2D eigenvalue weighted by Crippen LogP contribution is 2.22. The van der Waals surface area contributed by atoms with Crippen LogP contribution in [0.25, 0.3) is 5.52 Å². The molecule has 0 bridgehead atoms. The molecule has 0 amide bonds. The molecule has 1 aromatic carbocycles. The lowest BCUT2D eigenvalue weighted by Gasteiger charge is -2.30. The van der Waals surface area contributed by atoms with E-state index in [1.807, 2.05) is 38.1 Å². The van der Waals surface area contributed by atoms with Crippen LogP contribution < -0.4 is 10.5 Å². The van der Waals surface area contributed by atoms with Crippen LogP contribution in [0.1, 0.15) is 31.4 Å². The molecule has 1 aliphatic heterocycles. The highest BCUT2D eigenvalue weighted by atomic mass is 35.5. The van der Waals surface area contributed by atoms with Gasteiger partial charge in [-0.2, -0.15) is 5.10 Å². The monoisotopic (exact) mass is 343 g/mol. The van der Waals surface area contributed by atoms with Gasteiger partial charge < -0.3 is 4.90 Å². The molecule has 2 aromatic heterocycles. The first-order chi connectivity index (χ1) is 11.5. The van der Waals surface area contributed by atoms with Crippen molar-refractivity contribution in [2.24, 2.45) is 0 Å². The first-order valence-corrected chi connectivity index (χ1v) is 8.40. The Morgan fingerprint density at radius 1 is 1.17 bits per heavy atom. The molecule has 0 spiro atoms. The quantitative estimate of drug-likeness (QED) is 0.718. The number of anilines is 1. The van der Waals surface area contributed by atoms with Crippen LogP contribution >= 0.6 is 11.6 Å². The standard InChI is InChI=1S/C17H18ClN5O/c1-11(2)16-19-9-14-17(24)22-8-7-21(10-15(22)20-23(14)16)13-5-3-12(18)4-6-13/h3-6,9,11H,7-8,10H2,1-2H3. The highest BCUT2D eigenvalue weighted by Gasteiger charge is 2.22. The minimum atomic E-state index is -0.0184. The first kappa shape index (κ1) is 15.2. The summed E-state index contributed by atoms with van der Waals surface area (Å²) in [7, 11) is 0. The van der Waals surface area contributed by atoms with Gasteiger partial charge in [-0.05, 0) is 24.3 Å². The molecule has 0 aliphatic carbocycles. The molecule has 24 heavy (non-hydrogen) atoms. The summed E-state index contributed by atoms with van der Waals surface area (Å²) in [6, 6.07) is 7.74. The molecule has 3 aromatic rings. The van der Waals surface area contributed by atoms with Gasteiger partial charge in [-0.3, -0.25) is 9.36 Å². The van der Waals surface area contributed by atoms with Gasteiger partial charge in [0.25, 0.3) is 5.56 Å². The smallest absolute Gasteiger partial charge is 0.279 e. The molecule has 0 saturated carbocycles. The number of hydrogen-bond donors (Lipinski definition) is 0. The zero-order valence-electron chi connectivity index (χ0n) is 13.6. The minimum absolute atomic E-state index is 0.0184. The van der Waals surface area contributed by atoms with Gasteiger partial charge in [0.05, 0.1) is 12.7 Å². The molecular weight excluding hydrogens is 326 g/mol. The van der Waals surface area contributed by atoms with E-state index >= 15 is 0 Å². The van der Waals surface area contributed by atoms with Gasteiger partial charge in [0.2, 0.25) is 0 Å². The second-order valence-corrected chi connectivity index (χ2v) is 6.78. The van der Waals surface area contributed by atoms with Gasteiger partial charge in [-0.25, -0.2) is 9.50 Å². The van der Waals surface area contributed by atoms with Crippen molar-refractivity contribution in [2.75, 3.05) is 11.4 Å². The Bertz CT molecular complexity index is 958. The first-order valence-electron chi connectivity index (χ1n) is 8.02. The SMILES string of the molecule is CC(C)c1ncc2c(=O)n3c(nn12)CN(c1ccc(Cl)cc1)CC3. The third kappa shape index (κ3) is 2.38. The van der Waals surface area contributed by atoms with Crippen molar-refractivity contribution in [3.8, 4) is 0 Å². The molecule has 3 heterocycles. The fraction of sp³-hybridized carbons (Fsp3) is 0.353. The maximum Gasteiger partial charge on any atom is 0.279 e. The lowest BCUT2D eigenvalue weighted by Crippen LogP contribution is -2.41. The van der Waals surface area contributed by atoms with E-state index in [-0.39, 0.29) is 11.5 Å². The summed E-state index contributed by atoms with van der Waals surface area (Å²) in [6.45, 7) is 6.06. The summed E-state index contributed by atoms with van der Waals surface area (Å²) < 4.78 is 3.46. The second-order valence-electron chi connectivity index (χ2n) is 6.34. The molecule has 7 heteroatoms. The van der Waals surface area contributed by atoms with Crippen molar-refractivity contribution in [2.45, 2.75) is 32.9 Å². The number of aromatic nitrogens is 4. The number of hydrogen-bond acceptors (Lipinski definition) is 4. The zero-order valence-corrected chi connectivity index (χ0v) is 14.4. The Morgan fingerprint density at radius 2 is 1.92 bits per heavy atom. The van der Waals surface area contributed by atoms with Crippen molar-refractivity contribution < 1.29 is 0 Å². The van der Waals surface area contributed by atoms with E-state index in [2.05, 4.69) is 9.88 Å². The summed E-state index contributed by atoms with van der Waals surface area (Å²) >= 11 is 5.97. The van der Waals surface area contributed by atoms with Crippen LogP contribution in [-0.2, 0) is 13.1 Å². The van der Waals surface area contributed by atoms with Crippen LogP contribution in [0.15, 0.2) is 35.3 Å². The van der Waals surface area contributed by atoms with Crippen LogP contribution in [0.4, 0.5) is 5.69 Å². The molecule has 0 N–H and O–H groups in total. The van der Waals surface area contributed by atoms with E-state index in [0.717, 1.165) is 23.9 Å². The summed E-state index contributed by atoms with van der Waals surface area (Å²) in [5.41, 5.74) is 1.60. The number of rotatable bonds is 2. The van der Waals surface area contributed by atoms with E-state index in [1.165, 1.54) is 0 Å². The second kappa shape index (κ2) is 5.63. The highest BCUT2D eigenvalue weighted by molar-refractivity contribution is 6.30. The number of halogens is 1. The molecule has 0 fully saturated rings. The average molecular weight is 344 g/mol. The largest absolute Gasteiger partial charge is 0.362 e. The maximum absolute atomic E-state index is 12.7. The topological polar surface area (TPSA) is 55.4 Å². The van der Waals surface area contributed by atoms with Crippen molar-refractivity contribution in [3.05, 3.63) is 57.5 Å². The van der Waals surface area contributed by atoms with Crippen LogP contribution in [0.3, 0.4) is 0 Å². The Balaban J connectivity index is 1.78. The van der Waals surface area contributed by atoms with Crippen molar-refractivity contribution in [1.29, 1.82) is 0 Å². The van der Waals surface area contributed by atoms with Gasteiger partial charge in [0.1, 0.15) is 5.82 Å². The normalized spacial score (nSPS) is 14.4. The van der Waals surface area contributed by atoms with Crippen molar-refractivity contribution in [1.82, 2.24) is 19.2 Å². The zero-order chi connectivity index (χ0) is 16.8. The Labute approximate surface area is 144 Å². The van der Waals surface area contributed by atoms with E-state index in [0.29, 0.717) is 23.6 Å². The van der Waals surface area contributed by atoms with E-state index in [1.54, 1.807) is 15.3 Å². The molecule has 6 nitrogen and oxygen atoms in total. The summed E-state index contributed by atoms with van der Waals surface area (Å²) in [6.07, 6.45) is 1.63. The maximum atomic E-state index is 12.7. The summed E-state index contributed by atoms with van der Waals surface area (Å²) in [5.74, 6) is 1.78. The summed E-state index contributed by atoms with van der Waals surface area (Å²) in [4.78, 5) is 19.3. The number of benzene rings is 1. The van der Waals surface area contributed by atoms with Gasteiger partial charge in [0, 0.05) is 29.7 Å². The van der Waals surface area contributed by atoms with Crippen LogP contribution in [0.5, 0.6) is 0 Å². The molecule has 0 radical (unpaired) electrons. The lowest BCUT2D eigenvalue weighted by atomic mass is 10.2. The van der Waals surface area contributed by atoms with E-state index in [4.69, 9.17) is 16.7 Å². The third-order valence-electron chi connectivity index (χ3n) is 4.39. The predicted molar refractivity (Wildman–Crippen MR) is 93.8 cm³/mol. The van der Waals surface area contributed by atoms with E-state index < -0.39 is 0 Å². The Hall–Kier alpha value is -2.34. The van der Waals surface area contributed by atoms with Gasteiger partial charge in [-0.1, -0.05) is 25.4 Å². The molecule has 0 atom stereocenters. The third-order valence-corrected chi connectivity index (χ3v) is 4.64. The Kier molecular flexibility index (Phi) is 3.57. The molecule has 1 aliphatic rings. The van der Waals surface area contributed by atoms with Crippen LogP contribution in [0, 0.1) is 0 Å². The molecule has 0 unspecified atom stereocenters. The van der Waals surface area contributed by atoms with Gasteiger partial charge in [0.15, 0.2) is 11.3 Å². The molecule has 4 rings (SSSR count). The lowest BCUT2D eigenvalue weighted by molar-refractivity contribution is 0.511. The number of nitrogens with zero attached hydrogens (tertiary/aromatic N) is 5. The van der Waals surface area contributed by atoms with Crippen LogP contribution in [0.2, 0.25) is 5.02 Å².